The van der Waals surface area contributed by atoms with Crippen LogP contribution in [0.1, 0.15) is 39.5 Å². The Morgan fingerprint density at radius 2 is 2.00 bits per heavy atom. The van der Waals surface area contributed by atoms with Gasteiger partial charge in [-0.25, -0.2) is 4.39 Å². The fraction of sp³-hybridized carbons (Fsp3) is 0.600. The predicted octanol–water partition coefficient (Wildman–Crippen LogP) is 3.21. The van der Waals surface area contributed by atoms with Crippen LogP contribution in [-0.2, 0) is 9.59 Å². The molecule has 3 rings (SSSR count). The van der Waals surface area contributed by atoms with E-state index in [0.29, 0.717) is 30.9 Å². The number of nitrogens with one attached hydrogen (secondary N) is 1. The summed E-state index contributed by atoms with van der Waals surface area (Å²) in [7, 11) is 0. The molecule has 148 valence electrons. The van der Waals surface area contributed by atoms with Gasteiger partial charge in [-0.05, 0) is 44.9 Å². The molecule has 2 heterocycles. The standard InChI is InChI=1S/C20H27ClFN3O2/c1-13-4-3-5-14(2)24(13)9-8-23-20(27)15-10-19(26)25(12-15)16-6-7-18(22)17(21)11-16/h6-7,11,13-15H,3-5,8-10,12H2,1-2H3,(H,23,27). The molecule has 0 spiro atoms. The van der Waals surface area contributed by atoms with Crippen LogP contribution < -0.4 is 10.2 Å². The van der Waals surface area contributed by atoms with Gasteiger partial charge in [0.2, 0.25) is 11.8 Å². The highest BCUT2D eigenvalue weighted by atomic mass is 35.5. The average Bonchev–Trinajstić information content (AvgIpc) is 3.01. The molecule has 2 amide bonds. The molecule has 27 heavy (non-hydrogen) atoms. The Kier molecular flexibility index (Phi) is 6.37. The van der Waals surface area contributed by atoms with Gasteiger partial charge in [0.1, 0.15) is 5.82 Å². The quantitative estimate of drug-likeness (QED) is 0.832. The lowest BCUT2D eigenvalue weighted by Gasteiger charge is -2.39. The molecule has 3 atom stereocenters. The van der Waals surface area contributed by atoms with E-state index in [1.807, 2.05) is 0 Å². The molecule has 0 aliphatic carbocycles. The van der Waals surface area contributed by atoms with E-state index >= 15 is 0 Å². The number of hydrogen-bond donors (Lipinski definition) is 1. The van der Waals surface area contributed by atoms with Gasteiger partial charge in [-0.15, -0.1) is 0 Å². The van der Waals surface area contributed by atoms with Crippen molar-refractivity contribution < 1.29 is 14.0 Å². The van der Waals surface area contributed by atoms with Gasteiger partial charge in [0.25, 0.3) is 0 Å². The number of piperidine rings is 1. The molecule has 0 radical (unpaired) electrons. The van der Waals surface area contributed by atoms with Gasteiger partial charge >= 0.3 is 0 Å². The molecule has 5 nitrogen and oxygen atoms in total. The Labute approximate surface area is 164 Å². The Morgan fingerprint density at radius 1 is 1.30 bits per heavy atom. The molecule has 1 N–H and O–H groups in total. The summed E-state index contributed by atoms with van der Waals surface area (Å²) < 4.78 is 13.3. The number of rotatable bonds is 5. The lowest BCUT2D eigenvalue weighted by molar-refractivity contribution is -0.126. The highest BCUT2D eigenvalue weighted by Crippen LogP contribution is 2.28. The predicted molar refractivity (Wildman–Crippen MR) is 104 cm³/mol. The van der Waals surface area contributed by atoms with Gasteiger partial charge in [-0.3, -0.25) is 14.5 Å². The molecule has 0 saturated carbocycles. The molecule has 2 saturated heterocycles. The Morgan fingerprint density at radius 3 is 2.67 bits per heavy atom. The molecule has 3 unspecified atom stereocenters. The summed E-state index contributed by atoms with van der Waals surface area (Å²) in [6, 6.07) is 5.25. The van der Waals surface area contributed by atoms with Crippen molar-refractivity contribution in [3.8, 4) is 0 Å². The zero-order chi connectivity index (χ0) is 19.6. The number of carbonyl (C=O) groups excluding carboxylic acids is 2. The second-order valence-corrected chi connectivity index (χ2v) is 8.07. The second kappa shape index (κ2) is 8.57. The minimum absolute atomic E-state index is 0.0297. The van der Waals surface area contributed by atoms with Crippen LogP contribution in [0.25, 0.3) is 0 Å². The Bertz CT molecular complexity index is 704. The van der Waals surface area contributed by atoms with Crippen molar-refractivity contribution in [2.45, 2.75) is 51.6 Å². The molecular formula is C20H27ClFN3O2. The fourth-order valence-electron chi connectivity index (χ4n) is 4.15. The summed E-state index contributed by atoms with van der Waals surface area (Å²) in [6.45, 7) is 6.17. The van der Waals surface area contributed by atoms with Crippen LogP contribution in [0.4, 0.5) is 10.1 Å². The normalized spacial score (nSPS) is 26.4. The largest absolute Gasteiger partial charge is 0.355 e. The van der Waals surface area contributed by atoms with Crippen LogP contribution >= 0.6 is 11.6 Å². The van der Waals surface area contributed by atoms with Gasteiger partial charge in [0, 0.05) is 43.8 Å². The topological polar surface area (TPSA) is 52.7 Å². The first-order chi connectivity index (χ1) is 12.9. The highest BCUT2D eigenvalue weighted by Gasteiger charge is 2.35. The van der Waals surface area contributed by atoms with Gasteiger partial charge < -0.3 is 10.2 Å². The van der Waals surface area contributed by atoms with Crippen LogP contribution in [-0.4, -0.2) is 48.4 Å². The van der Waals surface area contributed by atoms with Gasteiger partial charge in [0.05, 0.1) is 10.9 Å². The SMILES string of the molecule is CC1CCCC(C)N1CCNC(=O)C1CC(=O)N(c2ccc(F)c(Cl)c2)C1. The molecule has 2 aliphatic heterocycles. The third kappa shape index (κ3) is 4.61. The smallest absolute Gasteiger partial charge is 0.227 e. The Balaban J connectivity index is 1.52. The molecule has 0 aromatic heterocycles. The van der Waals surface area contributed by atoms with Crippen LogP contribution in [0, 0.1) is 11.7 Å². The second-order valence-electron chi connectivity index (χ2n) is 7.66. The van der Waals surface area contributed by atoms with Crippen molar-refractivity contribution in [2.24, 2.45) is 5.92 Å². The summed E-state index contributed by atoms with van der Waals surface area (Å²) in [5.74, 6) is -1.16. The van der Waals surface area contributed by atoms with Crippen LogP contribution in [0.15, 0.2) is 18.2 Å². The summed E-state index contributed by atoms with van der Waals surface area (Å²) in [5.41, 5.74) is 0.526. The molecule has 1 aromatic carbocycles. The van der Waals surface area contributed by atoms with E-state index in [-0.39, 0.29) is 23.3 Å². The fourth-order valence-corrected chi connectivity index (χ4v) is 4.33. The van der Waals surface area contributed by atoms with E-state index < -0.39 is 11.7 Å². The van der Waals surface area contributed by atoms with Crippen molar-refractivity contribution in [1.29, 1.82) is 0 Å². The van der Waals surface area contributed by atoms with E-state index in [9.17, 15) is 14.0 Å². The van der Waals surface area contributed by atoms with Crippen molar-refractivity contribution in [1.82, 2.24) is 10.2 Å². The molecule has 2 aliphatic rings. The monoisotopic (exact) mass is 395 g/mol. The summed E-state index contributed by atoms with van der Waals surface area (Å²) in [4.78, 5) is 28.7. The summed E-state index contributed by atoms with van der Waals surface area (Å²) >= 11 is 5.81. The van der Waals surface area contributed by atoms with Crippen molar-refractivity contribution >= 4 is 29.1 Å². The summed E-state index contributed by atoms with van der Waals surface area (Å²) in [6.07, 6.45) is 3.82. The van der Waals surface area contributed by atoms with E-state index in [1.165, 1.54) is 42.4 Å². The number of benzene rings is 1. The van der Waals surface area contributed by atoms with Gasteiger partial charge in [0.15, 0.2) is 0 Å². The maximum absolute atomic E-state index is 13.3. The number of hydrogen-bond acceptors (Lipinski definition) is 3. The minimum Gasteiger partial charge on any atom is -0.355 e. The maximum Gasteiger partial charge on any atom is 0.227 e. The lowest BCUT2D eigenvalue weighted by atomic mass is 9.98. The number of halogens is 2. The van der Waals surface area contributed by atoms with Gasteiger partial charge in [-0.1, -0.05) is 18.0 Å². The maximum atomic E-state index is 13.3. The van der Waals surface area contributed by atoms with E-state index in [0.717, 1.165) is 6.54 Å². The third-order valence-electron chi connectivity index (χ3n) is 5.76. The number of likely N-dealkylation sites (tertiary alicyclic amines) is 1. The highest BCUT2D eigenvalue weighted by molar-refractivity contribution is 6.31. The van der Waals surface area contributed by atoms with Crippen LogP contribution in [0.5, 0.6) is 0 Å². The first-order valence-electron chi connectivity index (χ1n) is 9.65. The molecular weight excluding hydrogens is 369 g/mol. The first kappa shape index (κ1) is 20.1. The third-order valence-corrected chi connectivity index (χ3v) is 6.05. The average molecular weight is 396 g/mol. The number of anilines is 1. The molecule has 1 aromatic rings. The van der Waals surface area contributed by atoms with Crippen LogP contribution in [0.3, 0.4) is 0 Å². The Hall–Kier alpha value is -1.66. The lowest BCUT2D eigenvalue weighted by Crippen LogP contribution is -2.47. The number of amides is 2. The van der Waals surface area contributed by atoms with Crippen molar-refractivity contribution in [3.63, 3.8) is 0 Å². The summed E-state index contributed by atoms with van der Waals surface area (Å²) in [5, 5.41) is 2.95. The van der Waals surface area contributed by atoms with E-state index in [2.05, 4.69) is 24.1 Å². The zero-order valence-electron chi connectivity index (χ0n) is 15.9. The molecule has 2 fully saturated rings. The van der Waals surface area contributed by atoms with Crippen molar-refractivity contribution in [2.75, 3.05) is 24.5 Å². The number of nitrogens with zero attached hydrogens (tertiary/aromatic N) is 2. The van der Waals surface area contributed by atoms with Crippen molar-refractivity contribution in [3.05, 3.63) is 29.0 Å². The van der Waals surface area contributed by atoms with E-state index in [1.54, 1.807) is 0 Å². The van der Waals surface area contributed by atoms with Gasteiger partial charge in [-0.2, -0.15) is 0 Å². The molecule has 7 heteroatoms. The number of carbonyl (C=O) groups is 2. The first-order valence-corrected chi connectivity index (χ1v) is 10.0. The van der Waals surface area contributed by atoms with Crippen LogP contribution in [0.2, 0.25) is 5.02 Å². The minimum atomic E-state index is -0.525. The zero-order valence-corrected chi connectivity index (χ0v) is 16.6. The molecule has 0 bridgehead atoms. The van der Waals surface area contributed by atoms with E-state index in [4.69, 9.17) is 11.6 Å².